The normalized spacial score (nSPS) is 13.8. The standard InChI is InChI=1S/C12H17N3O2.2ClH/c1-13-12(16)17-11-5-3-2-4-10(11)15-8-6-14-7-9-15;;/h2-5,14H,6-9H2,1H3,(H,13,16);2*1H. The Morgan fingerprint density at radius 1 is 1.26 bits per heavy atom. The first kappa shape index (κ1) is 17.8. The van der Waals surface area contributed by atoms with Gasteiger partial charge in [-0.05, 0) is 12.1 Å². The van der Waals surface area contributed by atoms with Crippen LogP contribution in [0.15, 0.2) is 24.3 Å². The van der Waals surface area contributed by atoms with E-state index in [-0.39, 0.29) is 24.8 Å². The average molecular weight is 308 g/mol. The molecule has 0 unspecified atom stereocenters. The van der Waals surface area contributed by atoms with Gasteiger partial charge in [-0.25, -0.2) is 4.79 Å². The first-order valence-electron chi connectivity index (χ1n) is 5.75. The van der Waals surface area contributed by atoms with Crippen molar-refractivity contribution in [2.75, 3.05) is 38.1 Å². The summed E-state index contributed by atoms with van der Waals surface area (Å²) in [5, 5.41) is 5.75. The number of nitrogens with one attached hydrogen (secondary N) is 2. The lowest BCUT2D eigenvalue weighted by Gasteiger charge is -2.30. The number of halogens is 2. The Balaban J connectivity index is 0.00000162. The van der Waals surface area contributed by atoms with Gasteiger partial charge in [0, 0.05) is 33.2 Å². The van der Waals surface area contributed by atoms with Crippen molar-refractivity contribution in [2.24, 2.45) is 0 Å². The summed E-state index contributed by atoms with van der Waals surface area (Å²) in [6, 6.07) is 7.61. The number of hydrogen-bond acceptors (Lipinski definition) is 4. The van der Waals surface area contributed by atoms with E-state index in [0.717, 1.165) is 31.9 Å². The van der Waals surface area contributed by atoms with Crippen LogP contribution in [0.1, 0.15) is 0 Å². The summed E-state index contributed by atoms with van der Waals surface area (Å²) < 4.78 is 5.24. The van der Waals surface area contributed by atoms with Gasteiger partial charge in [0.2, 0.25) is 0 Å². The summed E-state index contributed by atoms with van der Waals surface area (Å²) in [6.45, 7) is 3.75. The Morgan fingerprint density at radius 3 is 2.53 bits per heavy atom. The van der Waals surface area contributed by atoms with Crippen molar-refractivity contribution in [1.29, 1.82) is 0 Å². The minimum Gasteiger partial charge on any atom is -0.408 e. The summed E-state index contributed by atoms with van der Waals surface area (Å²) >= 11 is 0. The number of ether oxygens (including phenoxy) is 1. The highest BCUT2D eigenvalue weighted by molar-refractivity contribution is 5.85. The van der Waals surface area contributed by atoms with Gasteiger partial charge in [-0.2, -0.15) is 0 Å². The second-order valence-corrected chi connectivity index (χ2v) is 3.84. The smallest absolute Gasteiger partial charge is 0.408 e. The lowest BCUT2D eigenvalue weighted by Crippen LogP contribution is -2.43. The predicted molar refractivity (Wildman–Crippen MR) is 81.1 cm³/mol. The first-order chi connectivity index (χ1) is 8.31. The molecule has 1 aliphatic heterocycles. The Morgan fingerprint density at radius 2 is 1.89 bits per heavy atom. The Hall–Kier alpha value is -1.17. The monoisotopic (exact) mass is 307 g/mol. The van der Waals surface area contributed by atoms with Crippen LogP contribution >= 0.6 is 24.8 Å². The zero-order valence-electron chi connectivity index (χ0n) is 10.7. The van der Waals surface area contributed by atoms with Gasteiger partial charge in [0.1, 0.15) is 0 Å². The molecule has 0 saturated carbocycles. The van der Waals surface area contributed by atoms with Crippen LogP contribution in [0.4, 0.5) is 10.5 Å². The Bertz CT molecular complexity index is 398. The van der Waals surface area contributed by atoms with Crippen molar-refractivity contribution in [3.05, 3.63) is 24.3 Å². The molecule has 1 saturated heterocycles. The maximum atomic E-state index is 11.3. The van der Waals surface area contributed by atoms with Gasteiger partial charge in [0.15, 0.2) is 5.75 Å². The third kappa shape index (κ3) is 4.78. The molecule has 1 aliphatic rings. The van der Waals surface area contributed by atoms with Crippen molar-refractivity contribution < 1.29 is 9.53 Å². The summed E-state index contributed by atoms with van der Waals surface area (Å²) in [7, 11) is 1.55. The van der Waals surface area contributed by atoms with Crippen LogP contribution in [0.5, 0.6) is 5.75 Å². The molecule has 1 heterocycles. The molecule has 5 nitrogen and oxygen atoms in total. The number of carbonyl (C=O) groups is 1. The van der Waals surface area contributed by atoms with Crippen molar-refractivity contribution in [1.82, 2.24) is 10.6 Å². The summed E-state index contributed by atoms with van der Waals surface area (Å²) in [5.41, 5.74) is 0.970. The van der Waals surface area contributed by atoms with E-state index >= 15 is 0 Å². The highest BCUT2D eigenvalue weighted by Crippen LogP contribution is 2.28. The van der Waals surface area contributed by atoms with E-state index in [1.165, 1.54) is 0 Å². The van der Waals surface area contributed by atoms with Crippen molar-refractivity contribution in [2.45, 2.75) is 0 Å². The van der Waals surface area contributed by atoms with E-state index in [4.69, 9.17) is 4.74 Å². The quantitative estimate of drug-likeness (QED) is 0.872. The average Bonchev–Trinajstić information content (AvgIpc) is 2.40. The molecule has 0 aromatic heterocycles. The molecular formula is C12H19Cl2N3O2. The number of anilines is 1. The number of rotatable bonds is 2. The number of para-hydroxylation sites is 2. The molecule has 1 aromatic carbocycles. The van der Waals surface area contributed by atoms with Gasteiger partial charge in [-0.15, -0.1) is 24.8 Å². The third-order valence-electron chi connectivity index (χ3n) is 2.73. The topological polar surface area (TPSA) is 53.6 Å². The molecule has 2 rings (SSSR count). The van der Waals surface area contributed by atoms with E-state index in [1.54, 1.807) is 7.05 Å². The fourth-order valence-electron chi connectivity index (χ4n) is 1.86. The Labute approximate surface area is 125 Å². The molecular weight excluding hydrogens is 289 g/mol. The van der Waals surface area contributed by atoms with Crippen LogP contribution < -0.4 is 20.3 Å². The summed E-state index contributed by atoms with van der Waals surface area (Å²) in [5.74, 6) is 0.605. The van der Waals surface area contributed by atoms with E-state index in [9.17, 15) is 4.79 Å². The highest BCUT2D eigenvalue weighted by Gasteiger charge is 2.15. The minimum absolute atomic E-state index is 0. The molecule has 1 fully saturated rings. The molecule has 2 N–H and O–H groups in total. The van der Waals surface area contributed by atoms with Crippen molar-refractivity contribution >= 4 is 36.6 Å². The zero-order valence-corrected chi connectivity index (χ0v) is 12.4. The van der Waals surface area contributed by atoms with Gasteiger partial charge in [-0.3, -0.25) is 0 Å². The molecule has 1 aromatic rings. The molecule has 0 atom stereocenters. The summed E-state index contributed by atoms with van der Waals surface area (Å²) in [6.07, 6.45) is -0.437. The summed E-state index contributed by atoms with van der Waals surface area (Å²) in [4.78, 5) is 13.5. The fraction of sp³-hybridized carbons (Fsp3) is 0.417. The van der Waals surface area contributed by atoms with Gasteiger partial charge >= 0.3 is 6.09 Å². The second-order valence-electron chi connectivity index (χ2n) is 3.84. The number of nitrogens with zero attached hydrogens (tertiary/aromatic N) is 1. The fourth-order valence-corrected chi connectivity index (χ4v) is 1.86. The number of piperazine rings is 1. The first-order valence-corrected chi connectivity index (χ1v) is 5.75. The van der Waals surface area contributed by atoms with Crippen LogP contribution in [0.2, 0.25) is 0 Å². The van der Waals surface area contributed by atoms with Gasteiger partial charge in [0.05, 0.1) is 5.69 Å². The predicted octanol–water partition coefficient (Wildman–Crippen LogP) is 1.66. The highest BCUT2D eigenvalue weighted by atomic mass is 35.5. The Kier molecular flexibility index (Phi) is 8.30. The van der Waals surface area contributed by atoms with Crippen LogP contribution in [-0.4, -0.2) is 39.3 Å². The van der Waals surface area contributed by atoms with E-state index in [0.29, 0.717) is 5.75 Å². The van der Waals surface area contributed by atoms with Crippen LogP contribution in [0, 0.1) is 0 Å². The van der Waals surface area contributed by atoms with Gasteiger partial charge < -0.3 is 20.3 Å². The molecule has 0 spiro atoms. The van der Waals surface area contributed by atoms with E-state index in [2.05, 4.69) is 15.5 Å². The minimum atomic E-state index is -0.437. The number of benzene rings is 1. The largest absolute Gasteiger partial charge is 0.412 e. The molecule has 0 bridgehead atoms. The van der Waals surface area contributed by atoms with E-state index in [1.807, 2.05) is 24.3 Å². The molecule has 0 radical (unpaired) electrons. The molecule has 19 heavy (non-hydrogen) atoms. The van der Waals surface area contributed by atoms with Gasteiger partial charge in [-0.1, -0.05) is 12.1 Å². The zero-order chi connectivity index (χ0) is 12.1. The number of hydrogen-bond donors (Lipinski definition) is 2. The number of amides is 1. The molecule has 108 valence electrons. The maximum absolute atomic E-state index is 11.3. The van der Waals surface area contributed by atoms with Gasteiger partial charge in [0.25, 0.3) is 0 Å². The lowest BCUT2D eigenvalue weighted by molar-refractivity contribution is 0.203. The van der Waals surface area contributed by atoms with Crippen LogP contribution in [0.25, 0.3) is 0 Å². The second kappa shape index (κ2) is 8.85. The maximum Gasteiger partial charge on any atom is 0.412 e. The third-order valence-corrected chi connectivity index (χ3v) is 2.73. The molecule has 0 aliphatic carbocycles. The number of carbonyl (C=O) groups excluding carboxylic acids is 1. The molecule has 1 amide bonds. The van der Waals surface area contributed by atoms with Crippen molar-refractivity contribution in [3.8, 4) is 5.75 Å². The van der Waals surface area contributed by atoms with E-state index < -0.39 is 6.09 Å². The molecule has 7 heteroatoms. The van der Waals surface area contributed by atoms with Crippen LogP contribution in [0.3, 0.4) is 0 Å². The SMILES string of the molecule is CNC(=O)Oc1ccccc1N1CCNCC1.Cl.Cl. The van der Waals surface area contributed by atoms with Crippen molar-refractivity contribution in [3.63, 3.8) is 0 Å². The lowest BCUT2D eigenvalue weighted by atomic mass is 10.2. The van der Waals surface area contributed by atoms with Crippen LogP contribution in [-0.2, 0) is 0 Å².